The van der Waals surface area contributed by atoms with Gasteiger partial charge in [-0.1, -0.05) is 32.0 Å². The second-order valence-electron chi connectivity index (χ2n) is 4.64. The van der Waals surface area contributed by atoms with Crippen LogP contribution in [0.5, 0.6) is 0 Å². The summed E-state index contributed by atoms with van der Waals surface area (Å²) in [4.78, 5) is 12.1. The molecule has 1 amide bonds. The maximum atomic E-state index is 12.1. The van der Waals surface area contributed by atoms with Crippen molar-refractivity contribution in [2.75, 3.05) is 11.1 Å². The first-order valence-electron chi connectivity index (χ1n) is 6.83. The van der Waals surface area contributed by atoms with Crippen LogP contribution in [0.15, 0.2) is 30.5 Å². The zero-order valence-corrected chi connectivity index (χ0v) is 11.9. The number of nitrogens with two attached hydrogens (primary N) is 1. The Balaban J connectivity index is 2.14. The van der Waals surface area contributed by atoms with Crippen molar-refractivity contribution in [2.45, 2.75) is 33.2 Å². The second kappa shape index (κ2) is 6.23. The lowest BCUT2D eigenvalue weighted by Crippen LogP contribution is -2.20. The molecule has 3 N–H and O–H groups in total. The van der Waals surface area contributed by atoms with Gasteiger partial charge in [0.05, 0.1) is 0 Å². The molecule has 0 atom stereocenters. The van der Waals surface area contributed by atoms with Gasteiger partial charge in [-0.25, -0.2) is 0 Å². The molecule has 0 fully saturated rings. The maximum Gasteiger partial charge on any atom is 0.246 e. The molecule has 2 aromatic rings. The summed E-state index contributed by atoms with van der Waals surface area (Å²) in [5.74, 6) is 0.324. The van der Waals surface area contributed by atoms with Gasteiger partial charge in [0, 0.05) is 11.9 Å². The van der Waals surface area contributed by atoms with E-state index in [1.54, 1.807) is 12.3 Å². The van der Waals surface area contributed by atoms with Crippen LogP contribution in [-0.4, -0.2) is 15.7 Å². The number of amides is 1. The summed E-state index contributed by atoms with van der Waals surface area (Å²) < 4.78 is 1.53. The van der Waals surface area contributed by atoms with E-state index in [0.29, 0.717) is 5.82 Å². The van der Waals surface area contributed by atoms with E-state index in [1.165, 1.54) is 4.68 Å². The van der Waals surface area contributed by atoms with Crippen molar-refractivity contribution >= 4 is 17.4 Å². The zero-order valence-electron chi connectivity index (χ0n) is 11.9. The molecule has 0 saturated carbocycles. The number of para-hydroxylation sites is 1. The molecule has 5 heteroatoms. The van der Waals surface area contributed by atoms with E-state index in [9.17, 15) is 4.79 Å². The number of rotatable bonds is 5. The number of benzene rings is 1. The van der Waals surface area contributed by atoms with Gasteiger partial charge in [0.25, 0.3) is 0 Å². The Hall–Kier alpha value is -2.30. The fourth-order valence-corrected chi connectivity index (χ4v) is 2.19. The molecule has 106 valence electrons. The molecule has 0 spiro atoms. The molecule has 1 heterocycles. The van der Waals surface area contributed by atoms with E-state index < -0.39 is 0 Å². The van der Waals surface area contributed by atoms with Gasteiger partial charge in [0.1, 0.15) is 12.4 Å². The van der Waals surface area contributed by atoms with Crippen molar-refractivity contribution in [3.05, 3.63) is 41.6 Å². The quantitative estimate of drug-likeness (QED) is 0.876. The third kappa shape index (κ3) is 3.17. The van der Waals surface area contributed by atoms with Gasteiger partial charge < -0.3 is 11.1 Å². The molecule has 0 aliphatic heterocycles. The SMILES string of the molecule is CCc1cccc(CC)c1NC(=O)Cn1ccc(N)n1. The van der Waals surface area contributed by atoms with Gasteiger partial charge in [-0.05, 0) is 30.0 Å². The number of carbonyl (C=O) groups excluding carboxylic acids is 1. The third-order valence-electron chi connectivity index (χ3n) is 3.23. The predicted molar refractivity (Wildman–Crippen MR) is 80.5 cm³/mol. The van der Waals surface area contributed by atoms with Gasteiger partial charge in [0.2, 0.25) is 5.91 Å². The first-order valence-corrected chi connectivity index (χ1v) is 6.83. The first kappa shape index (κ1) is 14.1. The molecule has 0 saturated heterocycles. The third-order valence-corrected chi connectivity index (χ3v) is 3.23. The van der Waals surface area contributed by atoms with E-state index in [1.807, 2.05) is 18.2 Å². The maximum absolute atomic E-state index is 12.1. The zero-order chi connectivity index (χ0) is 14.5. The number of nitrogens with zero attached hydrogens (tertiary/aromatic N) is 2. The normalized spacial score (nSPS) is 10.5. The van der Waals surface area contributed by atoms with Crippen LogP contribution < -0.4 is 11.1 Å². The Morgan fingerprint density at radius 1 is 1.25 bits per heavy atom. The lowest BCUT2D eigenvalue weighted by atomic mass is 10.0. The second-order valence-corrected chi connectivity index (χ2v) is 4.64. The number of aryl methyl sites for hydroxylation is 2. The van der Waals surface area contributed by atoms with Crippen molar-refractivity contribution in [3.8, 4) is 0 Å². The Labute approximate surface area is 118 Å². The average molecular weight is 272 g/mol. The number of carbonyl (C=O) groups is 1. The Morgan fingerprint density at radius 2 is 1.90 bits per heavy atom. The van der Waals surface area contributed by atoms with Crippen LogP contribution in [0.25, 0.3) is 0 Å². The summed E-state index contributed by atoms with van der Waals surface area (Å²) in [5, 5.41) is 7.01. The van der Waals surface area contributed by atoms with Gasteiger partial charge in [-0.15, -0.1) is 0 Å². The number of nitrogens with one attached hydrogen (secondary N) is 1. The highest BCUT2D eigenvalue weighted by atomic mass is 16.2. The first-order chi connectivity index (χ1) is 9.63. The molecule has 1 aromatic carbocycles. The summed E-state index contributed by atoms with van der Waals surface area (Å²) in [6, 6.07) is 7.79. The van der Waals surface area contributed by atoms with E-state index in [2.05, 4.69) is 24.3 Å². The predicted octanol–water partition coefficient (Wildman–Crippen LogP) is 2.23. The number of anilines is 2. The lowest BCUT2D eigenvalue weighted by Gasteiger charge is -2.14. The van der Waals surface area contributed by atoms with Gasteiger partial charge in [0.15, 0.2) is 0 Å². The van der Waals surface area contributed by atoms with Crippen LogP contribution in [0.4, 0.5) is 11.5 Å². The molecule has 0 bridgehead atoms. The van der Waals surface area contributed by atoms with E-state index in [0.717, 1.165) is 29.7 Å². The topological polar surface area (TPSA) is 72.9 Å². The smallest absolute Gasteiger partial charge is 0.246 e. The number of nitrogen functional groups attached to an aromatic ring is 1. The van der Waals surface area contributed by atoms with Crippen molar-refractivity contribution in [3.63, 3.8) is 0 Å². The molecule has 1 aromatic heterocycles. The summed E-state index contributed by atoms with van der Waals surface area (Å²) in [7, 11) is 0. The molecule has 0 radical (unpaired) electrons. The Kier molecular flexibility index (Phi) is 4.40. The number of hydrogen-bond acceptors (Lipinski definition) is 3. The summed E-state index contributed by atoms with van der Waals surface area (Å²) in [6.45, 7) is 4.33. The minimum absolute atomic E-state index is 0.0938. The van der Waals surface area contributed by atoms with Crippen LogP contribution in [0.2, 0.25) is 0 Å². The number of hydrogen-bond donors (Lipinski definition) is 2. The van der Waals surface area contributed by atoms with Crippen molar-refractivity contribution in [1.29, 1.82) is 0 Å². The van der Waals surface area contributed by atoms with Crippen molar-refractivity contribution in [2.24, 2.45) is 0 Å². The number of aromatic nitrogens is 2. The van der Waals surface area contributed by atoms with E-state index >= 15 is 0 Å². The fraction of sp³-hybridized carbons (Fsp3) is 0.333. The molecule has 0 aliphatic rings. The van der Waals surface area contributed by atoms with Gasteiger partial charge in [-0.3, -0.25) is 9.48 Å². The van der Waals surface area contributed by atoms with Crippen LogP contribution in [0, 0.1) is 0 Å². The highest BCUT2D eigenvalue weighted by Gasteiger charge is 2.10. The van der Waals surface area contributed by atoms with Crippen LogP contribution in [0.3, 0.4) is 0 Å². The summed E-state index contributed by atoms with van der Waals surface area (Å²) in [5.41, 5.74) is 8.77. The monoisotopic (exact) mass is 272 g/mol. The Morgan fingerprint density at radius 3 is 2.40 bits per heavy atom. The van der Waals surface area contributed by atoms with Gasteiger partial charge >= 0.3 is 0 Å². The summed E-state index contributed by atoms with van der Waals surface area (Å²) >= 11 is 0. The van der Waals surface area contributed by atoms with Crippen molar-refractivity contribution < 1.29 is 4.79 Å². The minimum atomic E-state index is -0.0938. The standard InChI is InChI=1S/C15H20N4O/c1-3-11-6-5-7-12(4-2)15(11)17-14(20)10-19-9-8-13(16)18-19/h5-9H,3-4,10H2,1-2H3,(H2,16,18)(H,17,20). The molecule has 0 aliphatic carbocycles. The molecule has 0 unspecified atom stereocenters. The van der Waals surface area contributed by atoms with E-state index in [4.69, 9.17) is 5.73 Å². The molecule has 20 heavy (non-hydrogen) atoms. The average Bonchev–Trinajstić information content (AvgIpc) is 2.84. The summed E-state index contributed by atoms with van der Waals surface area (Å²) in [6.07, 6.45) is 3.47. The van der Waals surface area contributed by atoms with Crippen molar-refractivity contribution in [1.82, 2.24) is 9.78 Å². The Bertz CT molecular complexity index is 581. The highest BCUT2D eigenvalue weighted by Crippen LogP contribution is 2.22. The van der Waals surface area contributed by atoms with Crippen LogP contribution in [0.1, 0.15) is 25.0 Å². The molecular formula is C15H20N4O. The largest absolute Gasteiger partial charge is 0.382 e. The van der Waals surface area contributed by atoms with Gasteiger partial charge in [-0.2, -0.15) is 5.10 Å². The van der Waals surface area contributed by atoms with Crippen LogP contribution >= 0.6 is 0 Å². The molecular weight excluding hydrogens is 252 g/mol. The minimum Gasteiger partial charge on any atom is -0.382 e. The highest BCUT2D eigenvalue weighted by molar-refractivity contribution is 5.92. The fourth-order valence-electron chi connectivity index (χ4n) is 2.19. The van der Waals surface area contributed by atoms with E-state index in [-0.39, 0.29) is 12.5 Å². The lowest BCUT2D eigenvalue weighted by molar-refractivity contribution is -0.116. The molecule has 2 rings (SSSR count). The molecule has 5 nitrogen and oxygen atoms in total. The van der Waals surface area contributed by atoms with Crippen LogP contribution in [-0.2, 0) is 24.2 Å².